The Hall–Kier alpha value is -1.86. The normalized spacial score (nSPS) is 19.3. The summed E-state index contributed by atoms with van der Waals surface area (Å²) in [4.78, 5) is 11.1. The molecule has 1 heterocycles. The molecule has 1 aromatic carbocycles. The predicted molar refractivity (Wildman–Crippen MR) is 85.0 cm³/mol. The highest BCUT2D eigenvalue weighted by Gasteiger charge is 2.50. The highest BCUT2D eigenvalue weighted by molar-refractivity contribution is 6.52. The van der Waals surface area contributed by atoms with Gasteiger partial charge < -0.3 is 19.2 Å². The molecule has 7 heteroatoms. The van der Waals surface area contributed by atoms with Gasteiger partial charge in [0.25, 0.3) is 0 Å². The Morgan fingerprint density at radius 1 is 1.26 bits per heavy atom. The van der Waals surface area contributed by atoms with Crippen molar-refractivity contribution in [1.82, 2.24) is 0 Å². The summed E-state index contributed by atoms with van der Waals surface area (Å²) in [5.41, 5.74) is -0.962. The van der Waals surface area contributed by atoms with Crippen molar-refractivity contribution in [3.05, 3.63) is 35.1 Å². The first-order valence-electron chi connectivity index (χ1n) is 7.22. The van der Waals surface area contributed by atoms with Gasteiger partial charge in [0.1, 0.15) is 0 Å². The average molecular weight is 322 g/mol. The minimum atomic E-state index is -1.16. The molecule has 0 bridgehead atoms. The van der Waals surface area contributed by atoms with Crippen LogP contribution in [0.1, 0.15) is 43.6 Å². The number of carbonyl (C=O) groups is 1. The van der Waals surface area contributed by atoms with Gasteiger partial charge in [-0.1, -0.05) is 12.1 Å². The molecule has 124 valence electrons. The van der Waals surface area contributed by atoms with Crippen molar-refractivity contribution in [3.8, 4) is 5.75 Å². The van der Waals surface area contributed by atoms with E-state index >= 15 is 0 Å². The maximum atomic E-state index is 14.2. The standard InChI is InChI=1S/C16H20BFO5/c1-15(2)16(3,4)23-17(22-15)7-6-10-8-11(14(19)20)9-12(21-5)13(10)18/h6-9H,1-5H3,(H,19,20). The largest absolute Gasteiger partial charge is 0.494 e. The van der Waals surface area contributed by atoms with Crippen LogP contribution in [0.15, 0.2) is 18.1 Å². The van der Waals surface area contributed by atoms with Crippen LogP contribution in [-0.4, -0.2) is 36.5 Å². The maximum absolute atomic E-state index is 14.2. The van der Waals surface area contributed by atoms with Crippen molar-refractivity contribution in [2.75, 3.05) is 7.11 Å². The summed E-state index contributed by atoms with van der Waals surface area (Å²) in [6.45, 7) is 7.65. The first-order chi connectivity index (χ1) is 10.6. The molecule has 1 aliphatic heterocycles. The van der Waals surface area contributed by atoms with Crippen LogP contribution in [-0.2, 0) is 9.31 Å². The van der Waals surface area contributed by atoms with Gasteiger partial charge in [-0.2, -0.15) is 0 Å². The Balaban J connectivity index is 2.30. The minimum absolute atomic E-state index is 0.0585. The fourth-order valence-corrected chi connectivity index (χ4v) is 2.16. The number of benzene rings is 1. The van der Waals surface area contributed by atoms with Crippen molar-refractivity contribution in [1.29, 1.82) is 0 Å². The predicted octanol–water partition coefficient (Wildman–Crippen LogP) is 3.18. The summed E-state index contributed by atoms with van der Waals surface area (Å²) in [6.07, 6.45) is 1.44. The summed E-state index contributed by atoms with van der Waals surface area (Å²) in [5.74, 6) is -0.364. The first kappa shape index (κ1) is 17.5. The van der Waals surface area contributed by atoms with E-state index in [0.717, 1.165) is 6.07 Å². The quantitative estimate of drug-likeness (QED) is 0.863. The highest BCUT2D eigenvalue weighted by atomic mass is 19.1. The van der Waals surface area contributed by atoms with Gasteiger partial charge in [0.2, 0.25) is 0 Å². The van der Waals surface area contributed by atoms with Gasteiger partial charge in [0.15, 0.2) is 11.6 Å². The van der Waals surface area contributed by atoms with Crippen molar-refractivity contribution in [3.63, 3.8) is 0 Å². The van der Waals surface area contributed by atoms with E-state index in [4.69, 9.17) is 19.2 Å². The summed E-state index contributed by atoms with van der Waals surface area (Å²) in [5, 5.41) is 9.09. The summed E-state index contributed by atoms with van der Waals surface area (Å²) in [7, 11) is 0.644. The van der Waals surface area contributed by atoms with Crippen LogP contribution in [0.3, 0.4) is 0 Å². The van der Waals surface area contributed by atoms with Gasteiger partial charge in [0, 0.05) is 5.56 Å². The second-order valence-corrected chi connectivity index (χ2v) is 6.37. The molecule has 1 N–H and O–H groups in total. The molecular weight excluding hydrogens is 302 g/mol. The SMILES string of the molecule is COc1cc(C(=O)O)cc(C=CB2OC(C)(C)C(C)(C)O2)c1F. The second kappa shape index (κ2) is 5.98. The van der Waals surface area contributed by atoms with Crippen LogP contribution >= 0.6 is 0 Å². The minimum Gasteiger partial charge on any atom is -0.494 e. The third-order valence-corrected chi connectivity index (χ3v) is 4.24. The molecule has 0 radical (unpaired) electrons. The molecule has 2 rings (SSSR count). The van der Waals surface area contributed by atoms with Crippen molar-refractivity contribution < 1.29 is 28.3 Å². The third-order valence-electron chi connectivity index (χ3n) is 4.24. The summed E-state index contributed by atoms with van der Waals surface area (Å²) < 4.78 is 30.7. The molecule has 5 nitrogen and oxygen atoms in total. The second-order valence-electron chi connectivity index (χ2n) is 6.37. The molecule has 1 aliphatic rings. The molecule has 1 fully saturated rings. The topological polar surface area (TPSA) is 65.0 Å². The number of aromatic carboxylic acids is 1. The zero-order valence-electron chi connectivity index (χ0n) is 13.8. The molecule has 1 saturated heterocycles. The van der Waals surface area contributed by atoms with E-state index in [1.165, 1.54) is 19.3 Å². The fraction of sp³-hybridized carbons (Fsp3) is 0.438. The lowest BCUT2D eigenvalue weighted by molar-refractivity contribution is 0.00578. The average Bonchev–Trinajstić information content (AvgIpc) is 2.65. The van der Waals surface area contributed by atoms with E-state index < -0.39 is 30.1 Å². The van der Waals surface area contributed by atoms with Gasteiger partial charge >= 0.3 is 13.1 Å². The number of hydrogen-bond donors (Lipinski definition) is 1. The lowest BCUT2D eigenvalue weighted by atomic mass is 9.89. The Kier molecular flexibility index (Phi) is 4.55. The number of carboxylic acid groups (broad SMARTS) is 1. The van der Waals surface area contributed by atoms with Crippen LogP contribution in [0, 0.1) is 5.82 Å². The summed E-state index contributed by atoms with van der Waals surface area (Å²) >= 11 is 0. The van der Waals surface area contributed by atoms with Crippen molar-refractivity contribution in [2.24, 2.45) is 0 Å². The Bertz CT molecular complexity index is 638. The molecule has 0 saturated carbocycles. The van der Waals surface area contributed by atoms with E-state index in [2.05, 4.69) is 0 Å². The van der Waals surface area contributed by atoms with Crippen LogP contribution in [0.5, 0.6) is 5.75 Å². The van der Waals surface area contributed by atoms with Gasteiger partial charge in [-0.15, -0.1) is 0 Å². The van der Waals surface area contributed by atoms with Crippen LogP contribution < -0.4 is 4.74 Å². The molecule has 23 heavy (non-hydrogen) atoms. The van der Waals surface area contributed by atoms with Crippen molar-refractivity contribution >= 4 is 19.2 Å². The number of methoxy groups -OCH3 is 1. The number of halogens is 1. The fourth-order valence-electron chi connectivity index (χ4n) is 2.16. The molecule has 0 spiro atoms. The van der Waals surface area contributed by atoms with E-state index in [1.54, 1.807) is 5.98 Å². The molecular formula is C16H20BFO5. The molecule has 0 aliphatic carbocycles. The molecule has 0 atom stereocenters. The maximum Gasteiger partial charge on any atom is 0.487 e. The van der Waals surface area contributed by atoms with Crippen LogP contribution in [0.25, 0.3) is 6.08 Å². The number of rotatable bonds is 4. The van der Waals surface area contributed by atoms with Crippen LogP contribution in [0.2, 0.25) is 0 Å². The highest BCUT2D eigenvalue weighted by Crippen LogP contribution is 2.37. The van der Waals surface area contributed by atoms with Gasteiger partial charge in [-0.25, -0.2) is 9.18 Å². The smallest absolute Gasteiger partial charge is 0.487 e. The number of ether oxygens (including phenoxy) is 1. The third kappa shape index (κ3) is 3.40. The number of hydrogen-bond acceptors (Lipinski definition) is 4. The molecule has 0 unspecified atom stereocenters. The summed E-state index contributed by atoms with van der Waals surface area (Å²) in [6, 6.07) is 2.38. The van der Waals surface area contributed by atoms with Crippen LogP contribution in [0.4, 0.5) is 4.39 Å². The lowest BCUT2D eigenvalue weighted by Crippen LogP contribution is -2.41. The monoisotopic (exact) mass is 322 g/mol. The van der Waals surface area contributed by atoms with Gasteiger partial charge in [-0.3, -0.25) is 0 Å². The molecule has 0 aromatic heterocycles. The molecule has 1 aromatic rings. The number of carboxylic acids is 1. The molecule has 0 amide bonds. The Labute approximate surface area is 135 Å². The van der Waals surface area contributed by atoms with E-state index in [-0.39, 0.29) is 16.9 Å². The van der Waals surface area contributed by atoms with Gasteiger partial charge in [0.05, 0.1) is 23.9 Å². The zero-order valence-corrected chi connectivity index (χ0v) is 13.8. The Morgan fingerprint density at radius 3 is 2.30 bits per heavy atom. The van der Waals surface area contributed by atoms with E-state index in [1.807, 2.05) is 27.7 Å². The Morgan fingerprint density at radius 2 is 1.83 bits per heavy atom. The zero-order chi connectivity index (χ0) is 17.4. The lowest BCUT2D eigenvalue weighted by Gasteiger charge is -2.32. The van der Waals surface area contributed by atoms with Crippen molar-refractivity contribution in [2.45, 2.75) is 38.9 Å². The van der Waals surface area contributed by atoms with E-state index in [0.29, 0.717) is 0 Å². The van der Waals surface area contributed by atoms with Gasteiger partial charge in [-0.05, 0) is 39.8 Å². The first-order valence-corrected chi connectivity index (χ1v) is 7.22. The van der Waals surface area contributed by atoms with E-state index in [9.17, 15) is 9.18 Å².